The highest BCUT2D eigenvalue weighted by Crippen LogP contribution is 2.19. The Morgan fingerprint density at radius 1 is 1.20 bits per heavy atom. The molecule has 3 rings (SSSR count). The Kier molecular flexibility index (Phi) is 1.84. The van der Waals surface area contributed by atoms with Crippen LogP contribution in [-0.2, 0) is 9.47 Å². The van der Waals surface area contributed by atoms with E-state index in [0.717, 1.165) is 16.8 Å². The van der Waals surface area contributed by atoms with E-state index in [2.05, 4.69) is 5.10 Å². The number of hydrogen-bond acceptors (Lipinski definition) is 3. The van der Waals surface area contributed by atoms with E-state index in [9.17, 15) is 0 Å². The molecule has 0 N–H and O–H groups in total. The Morgan fingerprint density at radius 3 is 3.07 bits per heavy atom. The summed E-state index contributed by atoms with van der Waals surface area (Å²) in [5.41, 5.74) is 2.04. The third-order valence-electron chi connectivity index (χ3n) is 2.33. The fourth-order valence-corrected chi connectivity index (χ4v) is 1.58. The highest BCUT2D eigenvalue weighted by molar-refractivity contribution is 5.61. The van der Waals surface area contributed by atoms with Crippen molar-refractivity contribution in [3.05, 3.63) is 42.4 Å². The fourth-order valence-electron chi connectivity index (χ4n) is 1.58. The highest BCUT2D eigenvalue weighted by Gasteiger charge is 2.08. The molecule has 0 fully saturated rings. The predicted molar refractivity (Wildman–Crippen MR) is 55.1 cm³/mol. The zero-order valence-corrected chi connectivity index (χ0v) is 8.09. The molecule has 2 aromatic rings. The molecule has 0 amide bonds. The maximum atomic E-state index is 5.48. The van der Waals surface area contributed by atoms with E-state index in [1.807, 2.05) is 28.9 Å². The van der Waals surface area contributed by atoms with Crippen LogP contribution in [0.5, 0.6) is 0 Å². The van der Waals surface area contributed by atoms with Crippen LogP contribution < -0.4 is 0 Å². The second-order valence-electron chi connectivity index (χ2n) is 3.32. The lowest BCUT2D eigenvalue weighted by Gasteiger charge is -2.15. The van der Waals surface area contributed by atoms with Crippen molar-refractivity contribution in [2.45, 2.75) is 0 Å². The summed E-state index contributed by atoms with van der Waals surface area (Å²) in [5.74, 6) is 0.763. The van der Waals surface area contributed by atoms with Gasteiger partial charge in [-0.05, 0) is 18.2 Å². The van der Waals surface area contributed by atoms with Crippen LogP contribution >= 0.6 is 0 Å². The van der Waals surface area contributed by atoms with Crippen molar-refractivity contribution in [2.24, 2.45) is 0 Å². The molecule has 0 saturated carbocycles. The molecule has 0 atom stereocenters. The Labute approximate surface area is 86.7 Å². The molecule has 0 saturated heterocycles. The van der Waals surface area contributed by atoms with E-state index in [0.29, 0.717) is 13.2 Å². The standard InChI is InChI=1S/C11H10N2O2/c1-2-10-3-4-12-13(10)7-9(1)11-8-14-5-6-15-11/h1-4,7-8H,5-6H2. The minimum Gasteiger partial charge on any atom is -0.494 e. The fraction of sp³-hybridized carbons (Fsp3) is 0.182. The molecule has 0 bridgehead atoms. The molecule has 0 aliphatic carbocycles. The molecule has 0 spiro atoms. The van der Waals surface area contributed by atoms with Gasteiger partial charge in [-0.15, -0.1) is 0 Å². The molecular formula is C11H10N2O2. The van der Waals surface area contributed by atoms with Gasteiger partial charge in [0, 0.05) is 18.0 Å². The lowest BCUT2D eigenvalue weighted by molar-refractivity contribution is 0.125. The van der Waals surface area contributed by atoms with E-state index in [1.54, 1.807) is 12.5 Å². The molecular weight excluding hydrogens is 192 g/mol. The first-order chi connectivity index (χ1) is 7.43. The Balaban J connectivity index is 2.06. The average Bonchev–Trinajstić information content (AvgIpc) is 2.77. The van der Waals surface area contributed by atoms with Gasteiger partial charge >= 0.3 is 0 Å². The zero-order valence-electron chi connectivity index (χ0n) is 8.09. The number of aromatic nitrogens is 2. The van der Waals surface area contributed by atoms with Gasteiger partial charge in [-0.25, -0.2) is 4.52 Å². The summed E-state index contributed by atoms with van der Waals surface area (Å²) in [6.07, 6.45) is 5.34. The summed E-state index contributed by atoms with van der Waals surface area (Å²) in [6, 6.07) is 5.95. The first kappa shape index (κ1) is 8.35. The number of pyridine rings is 1. The highest BCUT2D eigenvalue weighted by atomic mass is 16.6. The van der Waals surface area contributed by atoms with Gasteiger partial charge in [-0.2, -0.15) is 5.10 Å². The van der Waals surface area contributed by atoms with Gasteiger partial charge in [0.25, 0.3) is 0 Å². The van der Waals surface area contributed by atoms with Crippen LogP contribution in [0.3, 0.4) is 0 Å². The van der Waals surface area contributed by atoms with Gasteiger partial charge in [-0.1, -0.05) is 0 Å². The minimum atomic E-state index is 0.600. The molecule has 1 aliphatic heterocycles. The smallest absolute Gasteiger partial charge is 0.162 e. The molecule has 0 aromatic carbocycles. The van der Waals surface area contributed by atoms with Gasteiger partial charge in [0.1, 0.15) is 19.5 Å². The van der Waals surface area contributed by atoms with Crippen LogP contribution in [0.15, 0.2) is 36.9 Å². The van der Waals surface area contributed by atoms with Crippen molar-refractivity contribution in [3.63, 3.8) is 0 Å². The van der Waals surface area contributed by atoms with E-state index < -0.39 is 0 Å². The van der Waals surface area contributed by atoms with E-state index in [4.69, 9.17) is 9.47 Å². The number of nitrogens with zero attached hydrogens (tertiary/aromatic N) is 2. The number of ether oxygens (including phenoxy) is 2. The molecule has 15 heavy (non-hydrogen) atoms. The molecule has 1 aliphatic rings. The Hall–Kier alpha value is -1.97. The molecule has 2 aromatic heterocycles. The van der Waals surface area contributed by atoms with Crippen LogP contribution in [-0.4, -0.2) is 22.8 Å². The molecule has 4 heteroatoms. The normalized spacial score (nSPS) is 15.6. The Bertz CT molecular complexity index is 516. The molecule has 76 valence electrons. The summed E-state index contributed by atoms with van der Waals surface area (Å²) in [5, 5.41) is 4.17. The summed E-state index contributed by atoms with van der Waals surface area (Å²) in [4.78, 5) is 0. The first-order valence-electron chi connectivity index (χ1n) is 4.82. The van der Waals surface area contributed by atoms with E-state index in [1.165, 1.54) is 0 Å². The zero-order chi connectivity index (χ0) is 10.1. The lowest BCUT2D eigenvalue weighted by atomic mass is 10.2. The van der Waals surface area contributed by atoms with Crippen molar-refractivity contribution in [2.75, 3.05) is 13.2 Å². The maximum Gasteiger partial charge on any atom is 0.162 e. The number of hydrogen-bond donors (Lipinski definition) is 0. The minimum absolute atomic E-state index is 0.600. The molecule has 0 radical (unpaired) electrons. The summed E-state index contributed by atoms with van der Waals surface area (Å²) in [6.45, 7) is 1.22. The number of rotatable bonds is 1. The molecule has 0 unspecified atom stereocenters. The van der Waals surface area contributed by atoms with E-state index >= 15 is 0 Å². The van der Waals surface area contributed by atoms with E-state index in [-0.39, 0.29) is 0 Å². The van der Waals surface area contributed by atoms with Crippen LogP contribution in [0.4, 0.5) is 0 Å². The maximum absolute atomic E-state index is 5.48. The second-order valence-corrected chi connectivity index (χ2v) is 3.32. The van der Waals surface area contributed by atoms with Crippen molar-refractivity contribution >= 4 is 11.3 Å². The largest absolute Gasteiger partial charge is 0.494 e. The van der Waals surface area contributed by atoms with Crippen LogP contribution in [0.25, 0.3) is 11.3 Å². The quantitative estimate of drug-likeness (QED) is 0.705. The SMILES string of the molecule is C1=C(c2ccc3ccnn3c2)OCCO1. The summed E-state index contributed by atoms with van der Waals surface area (Å²) in [7, 11) is 0. The van der Waals surface area contributed by atoms with Crippen LogP contribution in [0, 0.1) is 0 Å². The topological polar surface area (TPSA) is 35.8 Å². The van der Waals surface area contributed by atoms with Crippen molar-refractivity contribution in [3.8, 4) is 0 Å². The third kappa shape index (κ3) is 1.44. The van der Waals surface area contributed by atoms with Gasteiger partial charge < -0.3 is 9.47 Å². The average molecular weight is 202 g/mol. The number of fused-ring (bicyclic) bond motifs is 1. The lowest BCUT2D eigenvalue weighted by Crippen LogP contribution is -2.07. The van der Waals surface area contributed by atoms with Gasteiger partial charge in [0.2, 0.25) is 0 Å². The van der Waals surface area contributed by atoms with Crippen LogP contribution in [0.1, 0.15) is 5.56 Å². The summed E-state index contributed by atoms with van der Waals surface area (Å²) >= 11 is 0. The van der Waals surface area contributed by atoms with Crippen molar-refractivity contribution in [1.82, 2.24) is 9.61 Å². The second kappa shape index (κ2) is 3.31. The van der Waals surface area contributed by atoms with Crippen molar-refractivity contribution in [1.29, 1.82) is 0 Å². The molecule has 3 heterocycles. The Morgan fingerprint density at radius 2 is 2.20 bits per heavy atom. The van der Waals surface area contributed by atoms with Gasteiger partial charge in [0.05, 0.1) is 5.52 Å². The van der Waals surface area contributed by atoms with Crippen molar-refractivity contribution < 1.29 is 9.47 Å². The molecule has 4 nitrogen and oxygen atoms in total. The summed E-state index contributed by atoms with van der Waals surface area (Å²) < 4.78 is 12.5. The third-order valence-corrected chi connectivity index (χ3v) is 2.33. The predicted octanol–water partition coefficient (Wildman–Crippen LogP) is 1.68. The first-order valence-corrected chi connectivity index (χ1v) is 4.82. The van der Waals surface area contributed by atoms with Crippen LogP contribution in [0.2, 0.25) is 0 Å². The van der Waals surface area contributed by atoms with Gasteiger partial charge in [0.15, 0.2) is 5.76 Å². The monoisotopic (exact) mass is 202 g/mol. The van der Waals surface area contributed by atoms with Gasteiger partial charge in [-0.3, -0.25) is 0 Å².